The highest BCUT2D eigenvalue weighted by Crippen LogP contribution is 2.23. The zero-order valence-corrected chi connectivity index (χ0v) is 14.3. The smallest absolute Gasteiger partial charge is 0.350 e. The highest BCUT2D eigenvalue weighted by Gasteiger charge is 2.22. The molecule has 0 atom stereocenters. The van der Waals surface area contributed by atoms with Crippen LogP contribution in [0.2, 0.25) is 0 Å². The average molecular weight is 372 g/mol. The number of anilines is 1. The molecule has 2 rings (SSSR count). The van der Waals surface area contributed by atoms with E-state index in [0.29, 0.717) is 5.69 Å². The Morgan fingerprint density at radius 2 is 1.92 bits per heavy atom. The van der Waals surface area contributed by atoms with E-state index in [2.05, 4.69) is 15.0 Å². The van der Waals surface area contributed by atoms with Gasteiger partial charge in [0, 0.05) is 0 Å². The van der Waals surface area contributed by atoms with Crippen molar-refractivity contribution >= 4 is 38.2 Å². The molecule has 2 aromatic rings. The van der Waals surface area contributed by atoms with Crippen molar-refractivity contribution in [2.75, 3.05) is 18.2 Å². The van der Waals surface area contributed by atoms with Crippen molar-refractivity contribution in [1.29, 1.82) is 0 Å². The first-order valence-corrected chi connectivity index (χ1v) is 9.03. The molecule has 0 aliphatic carbocycles. The Kier molecular flexibility index (Phi) is 5.30. The first kappa shape index (κ1) is 18.0. The molecule has 24 heavy (non-hydrogen) atoms. The maximum atomic E-state index is 12.8. The van der Waals surface area contributed by atoms with E-state index in [1.54, 1.807) is 6.92 Å². The van der Waals surface area contributed by atoms with Gasteiger partial charge in [-0.25, -0.2) is 22.6 Å². The van der Waals surface area contributed by atoms with Gasteiger partial charge in [0.1, 0.15) is 16.4 Å². The van der Waals surface area contributed by atoms with Gasteiger partial charge in [-0.05, 0) is 31.2 Å². The summed E-state index contributed by atoms with van der Waals surface area (Å²) in [5.41, 5.74) is 0.364. The van der Waals surface area contributed by atoms with E-state index < -0.39 is 33.3 Å². The van der Waals surface area contributed by atoms with E-state index in [0.717, 1.165) is 35.6 Å². The normalized spacial score (nSPS) is 11.1. The number of ether oxygens (including phenoxy) is 1. The van der Waals surface area contributed by atoms with Crippen molar-refractivity contribution < 1.29 is 27.1 Å². The molecule has 128 valence electrons. The van der Waals surface area contributed by atoms with Crippen LogP contribution in [0.25, 0.3) is 0 Å². The van der Waals surface area contributed by atoms with Gasteiger partial charge in [-0.1, -0.05) is 11.3 Å². The topological polar surface area (TPSA) is 102 Å². The SMILES string of the molecule is COC(=O)c1sc(NC(=O)CS(=O)(=O)c2ccc(F)cc2)nc1C. The minimum absolute atomic E-state index is 0.0900. The Labute approximate surface area is 141 Å². The number of hydrogen-bond donors (Lipinski definition) is 1. The van der Waals surface area contributed by atoms with Crippen LogP contribution in [0.5, 0.6) is 0 Å². The van der Waals surface area contributed by atoms with Crippen LogP contribution in [0.1, 0.15) is 15.4 Å². The molecular formula is C14H13FN2O5S2. The summed E-state index contributed by atoms with van der Waals surface area (Å²) in [5.74, 6) is -2.81. The summed E-state index contributed by atoms with van der Waals surface area (Å²) in [7, 11) is -2.70. The second-order valence-electron chi connectivity index (χ2n) is 4.69. The highest BCUT2D eigenvalue weighted by atomic mass is 32.2. The predicted molar refractivity (Wildman–Crippen MR) is 85.3 cm³/mol. The van der Waals surface area contributed by atoms with Crippen LogP contribution in [0.4, 0.5) is 9.52 Å². The number of aromatic nitrogens is 1. The van der Waals surface area contributed by atoms with E-state index in [9.17, 15) is 22.4 Å². The number of benzene rings is 1. The molecule has 1 heterocycles. The molecule has 0 fully saturated rings. The Morgan fingerprint density at radius 1 is 1.29 bits per heavy atom. The first-order valence-electron chi connectivity index (χ1n) is 6.57. The fourth-order valence-corrected chi connectivity index (χ4v) is 3.82. The second-order valence-corrected chi connectivity index (χ2v) is 7.67. The van der Waals surface area contributed by atoms with Crippen molar-refractivity contribution in [3.05, 3.63) is 40.7 Å². The van der Waals surface area contributed by atoms with Crippen LogP contribution in [0.3, 0.4) is 0 Å². The number of halogens is 1. The van der Waals surface area contributed by atoms with Crippen LogP contribution in [-0.2, 0) is 19.4 Å². The molecule has 1 aromatic heterocycles. The zero-order valence-electron chi connectivity index (χ0n) is 12.7. The molecule has 10 heteroatoms. The molecule has 1 N–H and O–H groups in total. The van der Waals surface area contributed by atoms with Gasteiger partial charge in [-0.3, -0.25) is 4.79 Å². The van der Waals surface area contributed by atoms with Crippen LogP contribution >= 0.6 is 11.3 Å². The van der Waals surface area contributed by atoms with E-state index in [1.165, 1.54) is 7.11 Å². The maximum Gasteiger partial charge on any atom is 0.350 e. The lowest BCUT2D eigenvalue weighted by molar-refractivity contribution is -0.113. The summed E-state index contributed by atoms with van der Waals surface area (Å²) >= 11 is 0.882. The third kappa shape index (κ3) is 4.15. The largest absolute Gasteiger partial charge is 0.465 e. The third-order valence-electron chi connectivity index (χ3n) is 2.91. The number of carbonyl (C=O) groups is 2. The van der Waals surface area contributed by atoms with E-state index >= 15 is 0 Å². The third-order valence-corrected chi connectivity index (χ3v) is 5.59. The average Bonchev–Trinajstić information content (AvgIpc) is 2.86. The number of thiazole rings is 1. The molecule has 0 aliphatic heterocycles. The van der Waals surface area contributed by atoms with E-state index in [-0.39, 0.29) is 14.9 Å². The summed E-state index contributed by atoms with van der Waals surface area (Å²) in [4.78, 5) is 27.4. The lowest BCUT2D eigenvalue weighted by atomic mass is 10.4. The van der Waals surface area contributed by atoms with Gasteiger partial charge in [-0.2, -0.15) is 0 Å². The number of nitrogens with zero attached hydrogens (tertiary/aromatic N) is 1. The predicted octanol–water partition coefficient (Wildman–Crippen LogP) is 1.79. The van der Waals surface area contributed by atoms with Crippen LogP contribution in [0, 0.1) is 12.7 Å². The van der Waals surface area contributed by atoms with E-state index in [4.69, 9.17) is 0 Å². The molecule has 0 saturated heterocycles. The Hall–Kier alpha value is -2.33. The van der Waals surface area contributed by atoms with Crippen LogP contribution in [0.15, 0.2) is 29.2 Å². The highest BCUT2D eigenvalue weighted by molar-refractivity contribution is 7.92. The Bertz CT molecular complexity index is 875. The molecule has 0 bridgehead atoms. The van der Waals surface area contributed by atoms with Gasteiger partial charge >= 0.3 is 5.97 Å². The Morgan fingerprint density at radius 3 is 2.50 bits per heavy atom. The number of rotatable bonds is 5. The van der Waals surface area contributed by atoms with Crippen LogP contribution < -0.4 is 5.32 Å². The molecule has 0 saturated carbocycles. The number of nitrogens with one attached hydrogen (secondary N) is 1. The summed E-state index contributed by atoms with van der Waals surface area (Å²) in [6.45, 7) is 1.56. The maximum absolute atomic E-state index is 12.8. The number of aryl methyl sites for hydroxylation is 1. The number of sulfone groups is 1. The van der Waals surface area contributed by atoms with Gasteiger partial charge < -0.3 is 10.1 Å². The molecule has 0 unspecified atom stereocenters. The molecule has 1 aromatic carbocycles. The fraction of sp³-hybridized carbons (Fsp3) is 0.214. The molecule has 7 nitrogen and oxygen atoms in total. The van der Waals surface area contributed by atoms with Crippen molar-refractivity contribution in [3.63, 3.8) is 0 Å². The Balaban J connectivity index is 2.10. The van der Waals surface area contributed by atoms with Crippen molar-refractivity contribution in [1.82, 2.24) is 4.98 Å². The second kappa shape index (κ2) is 7.05. The van der Waals surface area contributed by atoms with Gasteiger partial charge in [0.25, 0.3) is 0 Å². The summed E-state index contributed by atoms with van der Waals surface area (Å²) in [5, 5.41) is 2.42. The first-order chi connectivity index (χ1) is 11.2. The molecular weight excluding hydrogens is 359 g/mol. The van der Waals surface area contributed by atoms with Gasteiger partial charge in [0.2, 0.25) is 5.91 Å². The number of hydrogen-bond acceptors (Lipinski definition) is 7. The quantitative estimate of drug-likeness (QED) is 0.634. The van der Waals surface area contributed by atoms with Gasteiger partial charge in [0.15, 0.2) is 15.0 Å². The van der Waals surface area contributed by atoms with Gasteiger partial charge in [-0.15, -0.1) is 0 Å². The molecule has 0 spiro atoms. The van der Waals surface area contributed by atoms with Gasteiger partial charge in [0.05, 0.1) is 17.7 Å². The summed E-state index contributed by atoms with van der Waals surface area (Å²) in [6, 6.07) is 4.16. The van der Waals surface area contributed by atoms with Crippen molar-refractivity contribution in [3.8, 4) is 0 Å². The monoisotopic (exact) mass is 372 g/mol. The fourth-order valence-electron chi connectivity index (χ4n) is 1.79. The lowest BCUT2D eigenvalue weighted by Crippen LogP contribution is -2.23. The number of amides is 1. The number of methoxy groups -OCH3 is 1. The minimum atomic E-state index is -3.91. The zero-order chi connectivity index (χ0) is 17.9. The minimum Gasteiger partial charge on any atom is -0.465 e. The van der Waals surface area contributed by atoms with Crippen LogP contribution in [-0.4, -0.2) is 38.1 Å². The molecule has 1 amide bonds. The standard InChI is InChI=1S/C14H13FN2O5S2/c1-8-12(13(19)22-2)23-14(16-8)17-11(18)7-24(20,21)10-5-3-9(15)4-6-10/h3-6H,7H2,1-2H3,(H,16,17,18). The summed E-state index contributed by atoms with van der Waals surface area (Å²) < 4.78 is 41.6. The molecule has 0 radical (unpaired) electrons. The van der Waals surface area contributed by atoms with Crippen molar-refractivity contribution in [2.45, 2.75) is 11.8 Å². The number of carbonyl (C=O) groups excluding carboxylic acids is 2. The molecule has 0 aliphatic rings. The number of esters is 1. The van der Waals surface area contributed by atoms with Crippen molar-refractivity contribution in [2.24, 2.45) is 0 Å². The summed E-state index contributed by atoms with van der Waals surface area (Å²) in [6.07, 6.45) is 0. The van der Waals surface area contributed by atoms with E-state index in [1.807, 2.05) is 0 Å². The lowest BCUT2D eigenvalue weighted by Gasteiger charge is -2.04.